The fourth-order valence-corrected chi connectivity index (χ4v) is 0.362. The maximum absolute atomic E-state index is 9.02. The lowest BCUT2D eigenvalue weighted by Crippen LogP contribution is -2.21. The first kappa shape index (κ1) is 8.78. The highest BCUT2D eigenvalue weighted by Gasteiger charge is 1.92. The van der Waals surface area contributed by atoms with Crippen LogP contribution in [0.15, 0.2) is 36.3 Å². The molecule has 0 fully saturated rings. The number of hydrogen-bond acceptors (Lipinski definition) is 3. The van der Waals surface area contributed by atoms with Crippen LogP contribution in [0.25, 0.3) is 0 Å². The van der Waals surface area contributed by atoms with E-state index in [1.165, 1.54) is 6.08 Å². The molecule has 0 heterocycles. The van der Waals surface area contributed by atoms with Crippen molar-refractivity contribution in [3.05, 3.63) is 36.3 Å². The van der Waals surface area contributed by atoms with Crippen LogP contribution in [-0.4, -0.2) is 5.11 Å². The molecule has 0 unspecified atom stereocenters. The van der Waals surface area contributed by atoms with E-state index in [9.17, 15) is 0 Å². The normalized spacial score (nSPS) is 12.0. The summed E-state index contributed by atoms with van der Waals surface area (Å²) in [6.07, 6.45) is 4.99. The van der Waals surface area contributed by atoms with Crippen LogP contribution in [0.5, 0.6) is 0 Å². The van der Waals surface area contributed by atoms with Gasteiger partial charge in [-0.1, -0.05) is 18.7 Å². The van der Waals surface area contributed by atoms with Crippen molar-refractivity contribution >= 4 is 0 Å². The third-order valence-electron chi connectivity index (χ3n) is 0.930. The molecule has 10 heavy (non-hydrogen) atoms. The fraction of sp³-hybridized carbons (Fsp3) is 0.143. The summed E-state index contributed by atoms with van der Waals surface area (Å²) in [4.78, 5) is 0. The number of aliphatic hydroxyl groups is 1. The first-order chi connectivity index (χ1) is 4.72. The highest BCUT2D eigenvalue weighted by Crippen LogP contribution is 1.97. The minimum Gasteiger partial charge on any atom is -0.506 e. The number of aliphatic hydroxyl groups excluding tert-OH is 1. The molecule has 0 spiro atoms. The SMILES string of the molecule is C=C(NN)/C(O)=C\C=C/C. The lowest BCUT2D eigenvalue weighted by molar-refractivity contribution is 0.415. The van der Waals surface area contributed by atoms with Gasteiger partial charge in [0, 0.05) is 0 Å². The van der Waals surface area contributed by atoms with Crippen LogP contribution < -0.4 is 11.3 Å². The fourth-order valence-electron chi connectivity index (χ4n) is 0.362. The van der Waals surface area contributed by atoms with Gasteiger partial charge in [0.2, 0.25) is 0 Å². The predicted molar refractivity (Wildman–Crippen MR) is 42.0 cm³/mol. The maximum atomic E-state index is 9.02. The lowest BCUT2D eigenvalue weighted by atomic mass is 10.3. The third kappa shape index (κ3) is 2.94. The Morgan fingerprint density at radius 2 is 2.30 bits per heavy atom. The van der Waals surface area contributed by atoms with Crippen LogP contribution in [-0.2, 0) is 0 Å². The van der Waals surface area contributed by atoms with Crippen molar-refractivity contribution in [1.82, 2.24) is 5.43 Å². The van der Waals surface area contributed by atoms with E-state index in [1.54, 1.807) is 12.2 Å². The zero-order valence-corrected chi connectivity index (χ0v) is 5.96. The van der Waals surface area contributed by atoms with Gasteiger partial charge in [-0.05, 0) is 13.0 Å². The lowest BCUT2D eigenvalue weighted by Gasteiger charge is -2.00. The van der Waals surface area contributed by atoms with Crippen molar-refractivity contribution in [2.45, 2.75) is 6.92 Å². The van der Waals surface area contributed by atoms with E-state index < -0.39 is 0 Å². The van der Waals surface area contributed by atoms with E-state index in [2.05, 4.69) is 12.0 Å². The Kier molecular flexibility index (Phi) is 4.07. The van der Waals surface area contributed by atoms with Gasteiger partial charge in [0.15, 0.2) is 0 Å². The average Bonchev–Trinajstić information content (AvgIpc) is 1.98. The summed E-state index contributed by atoms with van der Waals surface area (Å²) < 4.78 is 0. The Morgan fingerprint density at radius 3 is 2.70 bits per heavy atom. The molecule has 0 bridgehead atoms. The van der Waals surface area contributed by atoms with Crippen molar-refractivity contribution in [2.24, 2.45) is 5.84 Å². The van der Waals surface area contributed by atoms with Gasteiger partial charge in [0.1, 0.15) is 5.76 Å². The van der Waals surface area contributed by atoms with E-state index >= 15 is 0 Å². The smallest absolute Gasteiger partial charge is 0.139 e. The highest BCUT2D eigenvalue weighted by molar-refractivity contribution is 5.22. The van der Waals surface area contributed by atoms with Gasteiger partial charge in [0.05, 0.1) is 5.70 Å². The molecule has 0 saturated carbocycles. The van der Waals surface area contributed by atoms with Crippen LogP contribution in [0, 0.1) is 0 Å². The Bertz CT molecular complexity index is 170. The molecule has 3 heteroatoms. The minimum absolute atomic E-state index is 0.0422. The molecular weight excluding hydrogens is 128 g/mol. The molecule has 0 aromatic heterocycles. The van der Waals surface area contributed by atoms with Gasteiger partial charge in [-0.15, -0.1) is 0 Å². The first-order valence-electron chi connectivity index (χ1n) is 2.90. The van der Waals surface area contributed by atoms with Crippen molar-refractivity contribution in [2.75, 3.05) is 0 Å². The molecule has 0 aromatic carbocycles. The number of allylic oxidation sites excluding steroid dienone is 3. The Balaban J connectivity index is 4.05. The number of hydrazine groups is 1. The highest BCUT2D eigenvalue weighted by atomic mass is 16.3. The molecule has 0 amide bonds. The van der Waals surface area contributed by atoms with E-state index in [1.807, 2.05) is 6.92 Å². The summed E-state index contributed by atoms with van der Waals surface area (Å²) in [5, 5.41) is 9.02. The van der Waals surface area contributed by atoms with Gasteiger partial charge in [-0.3, -0.25) is 5.84 Å². The second-order valence-electron chi connectivity index (χ2n) is 1.70. The summed E-state index contributed by atoms with van der Waals surface area (Å²) in [7, 11) is 0. The van der Waals surface area contributed by atoms with Gasteiger partial charge >= 0.3 is 0 Å². The molecule has 0 aliphatic heterocycles. The third-order valence-corrected chi connectivity index (χ3v) is 0.930. The van der Waals surface area contributed by atoms with Crippen molar-refractivity contribution < 1.29 is 5.11 Å². The Hall–Kier alpha value is -1.22. The monoisotopic (exact) mass is 140 g/mol. The molecule has 0 rings (SSSR count). The zero-order chi connectivity index (χ0) is 7.98. The summed E-state index contributed by atoms with van der Waals surface area (Å²) >= 11 is 0. The molecule has 0 atom stereocenters. The van der Waals surface area contributed by atoms with Gasteiger partial charge in [0.25, 0.3) is 0 Å². The summed E-state index contributed by atoms with van der Waals surface area (Å²) in [5.74, 6) is 5.01. The van der Waals surface area contributed by atoms with Gasteiger partial charge in [-0.2, -0.15) is 0 Å². The molecule has 0 radical (unpaired) electrons. The van der Waals surface area contributed by atoms with Crippen LogP contribution >= 0.6 is 0 Å². The van der Waals surface area contributed by atoms with Crippen molar-refractivity contribution in [1.29, 1.82) is 0 Å². The van der Waals surface area contributed by atoms with E-state index in [4.69, 9.17) is 10.9 Å². The average molecular weight is 140 g/mol. The molecule has 0 saturated heterocycles. The quantitative estimate of drug-likeness (QED) is 0.237. The van der Waals surface area contributed by atoms with Crippen LogP contribution in [0.1, 0.15) is 6.92 Å². The predicted octanol–water partition coefficient (Wildman–Crippen LogP) is 0.981. The molecule has 4 N–H and O–H groups in total. The van der Waals surface area contributed by atoms with Gasteiger partial charge in [-0.25, -0.2) is 0 Å². The maximum Gasteiger partial charge on any atom is 0.139 e. The first-order valence-corrected chi connectivity index (χ1v) is 2.90. The van der Waals surface area contributed by atoms with E-state index in [-0.39, 0.29) is 5.76 Å². The summed E-state index contributed by atoms with van der Waals surface area (Å²) in [5.41, 5.74) is 2.53. The Labute approximate surface area is 60.5 Å². The number of nitrogens with two attached hydrogens (primary N) is 1. The molecule has 0 aliphatic rings. The topological polar surface area (TPSA) is 58.3 Å². The molecule has 56 valence electrons. The second-order valence-corrected chi connectivity index (χ2v) is 1.70. The largest absolute Gasteiger partial charge is 0.506 e. The summed E-state index contributed by atoms with van der Waals surface area (Å²) in [6, 6.07) is 0. The minimum atomic E-state index is 0.0422. The van der Waals surface area contributed by atoms with E-state index in [0.29, 0.717) is 5.70 Å². The zero-order valence-electron chi connectivity index (χ0n) is 5.96. The molecule has 0 aliphatic carbocycles. The molecule has 3 nitrogen and oxygen atoms in total. The van der Waals surface area contributed by atoms with Crippen LogP contribution in [0.4, 0.5) is 0 Å². The van der Waals surface area contributed by atoms with Gasteiger partial charge < -0.3 is 10.5 Å². The van der Waals surface area contributed by atoms with Crippen LogP contribution in [0.3, 0.4) is 0 Å². The van der Waals surface area contributed by atoms with Crippen molar-refractivity contribution in [3.63, 3.8) is 0 Å². The van der Waals surface area contributed by atoms with E-state index in [0.717, 1.165) is 0 Å². The van der Waals surface area contributed by atoms with Crippen LogP contribution in [0.2, 0.25) is 0 Å². The Morgan fingerprint density at radius 1 is 1.70 bits per heavy atom. The number of nitrogens with one attached hydrogen (secondary N) is 1. The summed E-state index contributed by atoms with van der Waals surface area (Å²) in [6.45, 7) is 5.29. The molecule has 0 aromatic rings. The number of rotatable bonds is 3. The van der Waals surface area contributed by atoms with Crippen molar-refractivity contribution in [3.8, 4) is 0 Å². The second kappa shape index (κ2) is 4.64. The number of hydrogen-bond donors (Lipinski definition) is 3. The standard InChI is InChI=1S/C7H12N2O/c1-3-4-5-7(10)6(2)9-8/h3-5,9-10H,2,8H2,1H3/b4-3-,7-5+. The molecular formula is C7H12N2O.